The minimum absolute atomic E-state index is 0.228. The van der Waals surface area contributed by atoms with E-state index in [0.29, 0.717) is 47.6 Å². The molecule has 1 saturated heterocycles. The lowest BCUT2D eigenvalue weighted by Gasteiger charge is -2.31. The zero-order valence-electron chi connectivity index (χ0n) is 16.2. The fourth-order valence-corrected chi connectivity index (χ4v) is 3.41. The Hall–Kier alpha value is -2.98. The van der Waals surface area contributed by atoms with E-state index >= 15 is 0 Å². The SMILES string of the molecule is COc1ccc(C(=O)N2CCC(n3nc(C(F)(F)F)n(C)c3=O)CC2)cc1OC. The fourth-order valence-electron chi connectivity index (χ4n) is 3.41. The second-order valence-electron chi connectivity index (χ2n) is 6.70. The van der Waals surface area contributed by atoms with Crippen LogP contribution < -0.4 is 15.2 Å². The number of ether oxygens (including phenoxy) is 2. The Labute approximate surface area is 164 Å². The third-order valence-electron chi connectivity index (χ3n) is 4.98. The van der Waals surface area contributed by atoms with Crippen LogP contribution in [0.2, 0.25) is 0 Å². The molecule has 0 atom stereocenters. The maximum atomic E-state index is 13.0. The number of alkyl halides is 3. The van der Waals surface area contributed by atoms with E-state index in [1.807, 2.05) is 0 Å². The van der Waals surface area contributed by atoms with Crippen molar-refractivity contribution in [1.29, 1.82) is 0 Å². The second-order valence-corrected chi connectivity index (χ2v) is 6.70. The van der Waals surface area contributed by atoms with E-state index in [1.165, 1.54) is 14.2 Å². The van der Waals surface area contributed by atoms with Crippen molar-refractivity contribution < 1.29 is 27.4 Å². The number of hydrogen-bond acceptors (Lipinski definition) is 5. The topological polar surface area (TPSA) is 78.6 Å². The van der Waals surface area contributed by atoms with Gasteiger partial charge in [0.2, 0.25) is 5.82 Å². The monoisotopic (exact) mass is 414 g/mol. The van der Waals surface area contributed by atoms with Gasteiger partial charge in [0, 0.05) is 25.7 Å². The van der Waals surface area contributed by atoms with Crippen molar-refractivity contribution in [2.45, 2.75) is 25.1 Å². The number of benzene rings is 1. The number of methoxy groups -OCH3 is 2. The Morgan fingerprint density at radius 1 is 1.14 bits per heavy atom. The van der Waals surface area contributed by atoms with Gasteiger partial charge in [-0.3, -0.25) is 9.36 Å². The minimum atomic E-state index is -4.71. The average molecular weight is 414 g/mol. The molecule has 1 aliphatic heterocycles. The van der Waals surface area contributed by atoms with Crippen LogP contribution in [-0.4, -0.2) is 52.5 Å². The summed E-state index contributed by atoms with van der Waals surface area (Å²) in [6, 6.07) is 4.32. The van der Waals surface area contributed by atoms with E-state index in [2.05, 4.69) is 5.10 Å². The normalized spacial score (nSPS) is 15.4. The molecular formula is C18H21F3N4O4. The van der Waals surface area contributed by atoms with Crippen molar-refractivity contribution >= 4 is 5.91 Å². The van der Waals surface area contributed by atoms with Gasteiger partial charge in [0.25, 0.3) is 5.91 Å². The predicted molar refractivity (Wildman–Crippen MR) is 96.2 cm³/mol. The third-order valence-corrected chi connectivity index (χ3v) is 4.98. The Morgan fingerprint density at radius 2 is 1.76 bits per heavy atom. The lowest BCUT2D eigenvalue weighted by atomic mass is 10.0. The Balaban J connectivity index is 1.73. The van der Waals surface area contributed by atoms with Crippen LogP contribution in [0.3, 0.4) is 0 Å². The van der Waals surface area contributed by atoms with Crippen LogP contribution in [0.5, 0.6) is 11.5 Å². The summed E-state index contributed by atoms with van der Waals surface area (Å²) in [7, 11) is 4.01. The molecule has 1 aliphatic rings. The first-order valence-electron chi connectivity index (χ1n) is 8.91. The predicted octanol–water partition coefficient (Wildman–Crippen LogP) is 2.10. The van der Waals surface area contributed by atoms with E-state index < -0.39 is 23.7 Å². The van der Waals surface area contributed by atoms with Crippen molar-refractivity contribution in [3.05, 3.63) is 40.1 Å². The van der Waals surface area contributed by atoms with Crippen molar-refractivity contribution in [1.82, 2.24) is 19.2 Å². The number of hydrogen-bond donors (Lipinski definition) is 0. The highest BCUT2D eigenvalue weighted by molar-refractivity contribution is 5.95. The van der Waals surface area contributed by atoms with Gasteiger partial charge >= 0.3 is 11.9 Å². The molecule has 1 fully saturated rings. The van der Waals surface area contributed by atoms with E-state index in [4.69, 9.17) is 9.47 Å². The lowest BCUT2D eigenvalue weighted by Crippen LogP contribution is -2.41. The second kappa shape index (κ2) is 7.80. The smallest absolute Gasteiger partial charge is 0.451 e. The maximum Gasteiger partial charge on any atom is 0.451 e. The van der Waals surface area contributed by atoms with E-state index in [9.17, 15) is 22.8 Å². The van der Waals surface area contributed by atoms with Crippen LogP contribution in [0.15, 0.2) is 23.0 Å². The third kappa shape index (κ3) is 3.94. The molecule has 3 rings (SSSR count). The van der Waals surface area contributed by atoms with Gasteiger partial charge in [-0.05, 0) is 31.0 Å². The summed E-state index contributed by atoms with van der Waals surface area (Å²) < 4.78 is 50.7. The molecule has 0 N–H and O–H groups in total. The molecule has 29 heavy (non-hydrogen) atoms. The molecule has 1 aromatic carbocycles. The van der Waals surface area contributed by atoms with Gasteiger partial charge in [-0.2, -0.15) is 13.2 Å². The van der Waals surface area contributed by atoms with Crippen LogP contribution in [-0.2, 0) is 13.2 Å². The summed E-state index contributed by atoms with van der Waals surface area (Å²) in [5.74, 6) is -0.536. The summed E-state index contributed by atoms with van der Waals surface area (Å²) >= 11 is 0. The highest BCUT2D eigenvalue weighted by Gasteiger charge is 2.39. The quantitative estimate of drug-likeness (QED) is 0.766. The molecule has 11 heteroatoms. The van der Waals surface area contributed by atoms with Gasteiger partial charge in [-0.1, -0.05) is 0 Å². The van der Waals surface area contributed by atoms with E-state index in [1.54, 1.807) is 23.1 Å². The summed E-state index contributed by atoms with van der Waals surface area (Å²) in [5, 5.41) is 3.48. The summed E-state index contributed by atoms with van der Waals surface area (Å²) in [4.78, 5) is 26.5. The van der Waals surface area contributed by atoms with Gasteiger partial charge in [-0.15, -0.1) is 5.10 Å². The number of nitrogens with zero attached hydrogens (tertiary/aromatic N) is 4. The summed E-state index contributed by atoms with van der Waals surface area (Å²) in [6.45, 7) is 0.588. The van der Waals surface area contributed by atoms with Crippen LogP contribution in [0.1, 0.15) is 35.1 Å². The van der Waals surface area contributed by atoms with E-state index in [-0.39, 0.29) is 5.91 Å². The summed E-state index contributed by atoms with van der Waals surface area (Å²) in [5.41, 5.74) is -0.405. The average Bonchev–Trinajstić information content (AvgIpc) is 3.02. The number of rotatable bonds is 4. The van der Waals surface area contributed by atoms with Crippen molar-refractivity contribution in [2.24, 2.45) is 7.05 Å². The molecule has 158 valence electrons. The molecule has 0 bridgehead atoms. The number of halogens is 3. The number of likely N-dealkylation sites (tertiary alicyclic amines) is 1. The van der Waals surface area contributed by atoms with Gasteiger partial charge in [0.1, 0.15) is 0 Å². The zero-order valence-corrected chi connectivity index (χ0v) is 16.2. The fraction of sp³-hybridized carbons (Fsp3) is 0.500. The molecule has 2 heterocycles. The molecule has 0 aliphatic carbocycles. The van der Waals surface area contributed by atoms with Crippen LogP contribution in [0, 0.1) is 0 Å². The van der Waals surface area contributed by atoms with Gasteiger partial charge in [0.05, 0.1) is 20.3 Å². The molecular weight excluding hydrogens is 393 g/mol. The van der Waals surface area contributed by atoms with Crippen molar-refractivity contribution in [2.75, 3.05) is 27.3 Å². The van der Waals surface area contributed by atoms with Gasteiger partial charge in [-0.25, -0.2) is 9.48 Å². The first-order valence-corrected chi connectivity index (χ1v) is 8.91. The minimum Gasteiger partial charge on any atom is -0.493 e. The first kappa shape index (κ1) is 20.7. The number of piperidine rings is 1. The number of aromatic nitrogens is 3. The Bertz CT molecular complexity index is 959. The molecule has 1 aromatic heterocycles. The highest BCUT2D eigenvalue weighted by Crippen LogP contribution is 2.30. The lowest BCUT2D eigenvalue weighted by molar-refractivity contribution is -0.147. The van der Waals surface area contributed by atoms with E-state index in [0.717, 1.165) is 11.7 Å². The highest BCUT2D eigenvalue weighted by atomic mass is 19.4. The Morgan fingerprint density at radius 3 is 2.28 bits per heavy atom. The maximum absolute atomic E-state index is 13.0. The van der Waals surface area contributed by atoms with Crippen molar-refractivity contribution in [3.8, 4) is 11.5 Å². The van der Waals surface area contributed by atoms with Crippen LogP contribution in [0.4, 0.5) is 13.2 Å². The van der Waals surface area contributed by atoms with Gasteiger partial charge < -0.3 is 14.4 Å². The Kier molecular flexibility index (Phi) is 5.58. The van der Waals surface area contributed by atoms with Crippen LogP contribution in [0.25, 0.3) is 0 Å². The van der Waals surface area contributed by atoms with Crippen molar-refractivity contribution in [3.63, 3.8) is 0 Å². The summed E-state index contributed by atoms with van der Waals surface area (Å²) in [6.07, 6.45) is -4.05. The number of carbonyl (C=O) groups is 1. The molecule has 0 radical (unpaired) electrons. The zero-order chi connectivity index (χ0) is 21.3. The van der Waals surface area contributed by atoms with Gasteiger partial charge in [0.15, 0.2) is 11.5 Å². The molecule has 0 saturated carbocycles. The molecule has 0 spiro atoms. The largest absolute Gasteiger partial charge is 0.493 e. The molecule has 8 nitrogen and oxygen atoms in total. The number of carbonyl (C=O) groups excluding carboxylic acids is 1. The number of amides is 1. The molecule has 1 amide bonds. The van der Waals surface area contributed by atoms with Crippen LogP contribution >= 0.6 is 0 Å². The first-order chi connectivity index (χ1) is 13.7. The molecule has 2 aromatic rings. The molecule has 0 unspecified atom stereocenters. The standard InChI is InChI=1S/C18H21F3N4O4/c1-23-16(18(19,20)21)22-25(17(23)27)12-6-8-24(9-7-12)15(26)11-4-5-13(28-2)14(10-11)29-3/h4-5,10,12H,6-9H2,1-3H3.